The molecule has 1 fully saturated rings. The lowest BCUT2D eigenvalue weighted by Gasteiger charge is -2.14. The molecule has 0 spiro atoms. The van der Waals surface area contributed by atoms with Gasteiger partial charge in [-0.1, -0.05) is 13.0 Å². The third kappa shape index (κ3) is 1.54. The van der Waals surface area contributed by atoms with Gasteiger partial charge in [-0.15, -0.1) is 0 Å². The fourth-order valence-electron chi connectivity index (χ4n) is 1.76. The molecular weight excluding hydrogens is 164 g/mol. The van der Waals surface area contributed by atoms with Crippen LogP contribution in [0, 0.1) is 5.92 Å². The van der Waals surface area contributed by atoms with E-state index >= 15 is 0 Å². The van der Waals surface area contributed by atoms with E-state index < -0.39 is 0 Å². The highest BCUT2D eigenvalue weighted by molar-refractivity contribution is 5.79. The molecule has 3 nitrogen and oxygen atoms in total. The van der Waals surface area contributed by atoms with Crippen LogP contribution in [0.3, 0.4) is 0 Å². The molecule has 1 aromatic heterocycles. The average molecular weight is 176 g/mol. The fraction of sp³-hybridized carbons (Fsp3) is 0.400. The van der Waals surface area contributed by atoms with Crippen molar-refractivity contribution >= 4 is 5.91 Å². The van der Waals surface area contributed by atoms with Crippen molar-refractivity contribution < 1.29 is 4.79 Å². The molecule has 0 radical (unpaired) electrons. The van der Waals surface area contributed by atoms with E-state index in [4.69, 9.17) is 0 Å². The lowest BCUT2D eigenvalue weighted by molar-refractivity contribution is -0.119. The summed E-state index contributed by atoms with van der Waals surface area (Å²) in [6.45, 7) is 2.08. The number of rotatable bonds is 1. The van der Waals surface area contributed by atoms with Crippen LogP contribution in [0.5, 0.6) is 0 Å². The molecule has 2 unspecified atom stereocenters. The molecule has 1 aliphatic rings. The van der Waals surface area contributed by atoms with Gasteiger partial charge in [0, 0.05) is 18.8 Å². The van der Waals surface area contributed by atoms with Crippen molar-refractivity contribution in [2.24, 2.45) is 5.92 Å². The van der Waals surface area contributed by atoms with Gasteiger partial charge >= 0.3 is 0 Å². The maximum absolute atomic E-state index is 11.1. The molecule has 0 bridgehead atoms. The van der Waals surface area contributed by atoms with Gasteiger partial charge < -0.3 is 5.32 Å². The van der Waals surface area contributed by atoms with Crippen molar-refractivity contribution in [3.63, 3.8) is 0 Å². The lowest BCUT2D eigenvalue weighted by Crippen LogP contribution is -2.20. The number of carbonyl (C=O) groups is 1. The fourth-order valence-corrected chi connectivity index (χ4v) is 1.76. The molecule has 1 aliphatic heterocycles. The lowest BCUT2D eigenvalue weighted by atomic mass is 9.97. The van der Waals surface area contributed by atoms with Crippen molar-refractivity contribution in [1.82, 2.24) is 10.3 Å². The maximum atomic E-state index is 11.1. The zero-order valence-corrected chi connectivity index (χ0v) is 7.53. The van der Waals surface area contributed by atoms with Crippen LogP contribution in [0.15, 0.2) is 24.5 Å². The topological polar surface area (TPSA) is 42.0 Å². The minimum atomic E-state index is 0.140. The number of hydrogen-bond donors (Lipinski definition) is 1. The molecule has 1 saturated heterocycles. The van der Waals surface area contributed by atoms with E-state index in [0.29, 0.717) is 12.3 Å². The van der Waals surface area contributed by atoms with Crippen molar-refractivity contribution in [1.29, 1.82) is 0 Å². The monoisotopic (exact) mass is 176 g/mol. The van der Waals surface area contributed by atoms with Crippen LogP contribution >= 0.6 is 0 Å². The summed E-state index contributed by atoms with van der Waals surface area (Å²) in [4.78, 5) is 15.1. The Kier molecular flexibility index (Phi) is 2.00. The van der Waals surface area contributed by atoms with Crippen LogP contribution in [-0.2, 0) is 4.79 Å². The van der Waals surface area contributed by atoms with Crippen molar-refractivity contribution in [3.8, 4) is 0 Å². The van der Waals surface area contributed by atoms with Gasteiger partial charge in [0.1, 0.15) is 0 Å². The predicted octanol–water partition coefficient (Wildman–Crippen LogP) is 1.28. The zero-order chi connectivity index (χ0) is 9.26. The van der Waals surface area contributed by atoms with Crippen LogP contribution in [0.1, 0.15) is 24.9 Å². The molecule has 2 rings (SSSR count). The Morgan fingerprint density at radius 1 is 1.62 bits per heavy atom. The summed E-state index contributed by atoms with van der Waals surface area (Å²) >= 11 is 0. The molecular formula is C10H12N2O. The van der Waals surface area contributed by atoms with Gasteiger partial charge in [-0.25, -0.2) is 0 Å². The van der Waals surface area contributed by atoms with E-state index in [-0.39, 0.29) is 11.9 Å². The summed E-state index contributed by atoms with van der Waals surface area (Å²) in [5, 5.41) is 2.94. The van der Waals surface area contributed by atoms with Gasteiger partial charge in [-0.2, -0.15) is 0 Å². The van der Waals surface area contributed by atoms with Crippen molar-refractivity contribution in [3.05, 3.63) is 30.1 Å². The first-order valence-corrected chi connectivity index (χ1v) is 4.46. The standard InChI is InChI=1S/C10H12N2O/c1-7-5-9(13)12-10(7)8-3-2-4-11-6-8/h2-4,6-7,10H,5H2,1H3,(H,12,13). The predicted molar refractivity (Wildman–Crippen MR) is 48.9 cm³/mol. The Morgan fingerprint density at radius 2 is 2.46 bits per heavy atom. The van der Waals surface area contributed by atoms with Gasteiger partial charge in [0.25, 0.3) is 0 Å². The quantitative estimate of drug-likeness (QED) is 0.700. The number of aromatic nitrogens is 1. The highest BCUT2D eigenvalue weighted by Crippen LogP contribution is 2.28. The molecule has 1 amide bonds. The molecule has 0 saturated carbocycles. The summed E-state index contributed by atoms with van der Waals surface area (Å²) in [5.41, 5.74) is 1.10. The highest BCUT2D eigenvalue weighted by Gasteiger charge is 2.29. The summed E-state index contributed by atoms with van der Waals surface area (Å²) in [7, 11) is 0. The largest absolute Gasteiger partial charge is 0.349 e. The van der Waals surface area contributed by atoms with Gasteiger partial charge in [0.05, 0.1) is 6.04 Å². The van der Waals surface area contributed by atoms with Crippen LogP contribution in [-0.4, -0.2) is 10.9 Å². The van der Waals surface area contributed by atoms with Crippen LogP contribution in [0.25, 0.3) is 0 Å². The second-order valence-corrected chi connectivity index (χ2v) is 3.51. The van der Waals surface area contributed by atoms with Crippen LogP contribution in [0.4, 0.5) is 0 Å². The first kappa shape index (κ1) is 8.23. The van der Waals surface area contributed by atoms with E-state index in [0.717, 1.165) is 5.56 Å². The minimum Gasteiger partial charge on any atom is -0.349 e. The van der Waals surface area contributed by atoms with E-state index in [1.165, 1.54) is 0 Å². The second-order valence-electron chi connectivity index (χ2n) is 3.51. The summed E-state index contributed by atoms with van der Waals surface area (Å²) in [5.74, 6) is 0.512. The smallest absolute Gasteiger partial charge is 0.220 e. The Labute approximate surface area is 77.2 Å². The molecule has 1 N–H and O–H groups in total. The number of pyridine rings is 1. The molecule has 0 aromatic carbocycles. The first-order chi connectivity index (χ1) is 6.27. The zero-order valence-electron chi connectivity index (χ0n) is 7.53. The molecule has 68 valence electrons. The SMILES string of the molecule is CC1CC(=O)NC1c1cccnc1. The summed E-state index contributed by atoms with van der Waals surface area (Å²) in [6.07, 6.45) is 4.18. The Morgan fingerprint density at radius 3 is 3.00 bits per heavy atom. The number of amides is 1. The molecule has 3 heteroatoms. The number of carbonyl (C=O) groups excluding carboxylic acids is 1. The maximum Gasteiger partial charge on any atom is 0.220 e. The number of hydrogen-bond acceptors (Lipinski definition) is 2. The Hall–Kier alpha value is -1.38. The van der Waals surface area contributed by atoms with Crippen LogP contribution < -0.4 is 5.32 Å². The van der Waals surface area contributed by atoms with E-state index in [1.54, 1.807) is 6.20 Å². The Balaban J connectivity index is 2.23. The van der Waals surface area contributed by atoms with Gasteiger partial charge in [-0.05, 0) is 17.5 Å². The molecule has 0 aliphatic carbocycles. The van der Waals surface area contributed by atoms with Gasteiger partial charge in [-0.3, -0.25) is 9.78 Å². The third-order valence-corrected chi connectivity index (χ3v) is 2.44. The van der Waals surface area contributed by atoms with Gasteiger partial charge in [0.2, 0.25) is 5.91 Å². The first-order valence-electron chi connectivity index (χ1n) is 4.46. The minimum absolute atomic E-state index is 0.140. The summed E-state index contributed by atoms with van der Waals surface area (Å²) in [6, 6.07) is 4.05. The third-order valence-electron chi connectivity index (χ3n) is 2.44. The molecule has 13 heavy (non-hydrogen) atoms. The summed E-state index contributed by atoms with van der Waals surface area (Å²) < 4.78 is 0. The van der Waals surface area contributed by atoms with Crippen molar-refractivity contribution in [2.45, 2.75) is 19.4 Å². The Bertz CT molecular complexity index is 310. The normalized spacial score (nSPS) is 27.3. The number of nitrogens with one attached hydrogen (secondary N) is 1. The van der Waals surface area contributed by atoms with E-state index in [2.05, 4.69) is 17.2 Å². The van der Waals surface area contributed by atoms with E-state index in [1.807, 2.05) is 18.3 Å². The van der Waals surface area contributed by atoms with Crippen LogP contribution in [0.2, 0.25) is 0 Å². The molecule has 2 atom stereocenters. The average Bonchev–Trinajstić information content (AvgIpc) is 2.47. The van der Waals surface area contributed by atoms with Crippen molar-refractivity contribution in [2.75, 3.05) is 0 Å². The number of nitrogens with zero attached hydrogens (tertiary/aromatic N) is 1. The highest BCUT2D eigenvalue weighted by atomic mass is 16.1. The second kappa shape index (κ2) is 3.17. The van der Waals surface area contributed by atoms with E-state index in [9.17, 15) is 4.79 Å². The molecule has 2 heterocycles. The van der Waals surface area contributed by atoms with Gasteiger partial charge in [0.15, 0.2) is 0 Å². The molecule has 1 aromatic rings.